The molecule has 3 rings (SSSR count). The number of carbonyl (C=O) groups excluding carboxylic acids is 3. The average molecular weight is 586 g/mol. The zero-order chi connectivity index (χ0) is 29.8. The molecule has 2 aromatic rings. The van der Waals surface area contributed by atoms with Gasteiger partial charge in [0.2, 0.25) is 17.7 Å². The Balaban J connectivity index is 1.87. The number of hydrogen-bond donors (Lipinski definition) is 4. The summed E-state index contributed by atoms with van der Waals surface area (Å²) in [4.78, 5) is 42.2. The van der Waals surface area contributed by atoms with Crippen LogP contribution in [-0.4, -0.2) is 81.1 Å². The molecule has 0 fully saturated rings. The van der Waals surface area contributed by atoms with Crippen molar-refractivity contribution in [1.82, 2.24) is 26.2 Å². The van der Waals surface area contributed by atoms with Crippen LogP contribution in [0.3, 0.4) is 0 Å². The van der Waals surface area contributed by atoms with Crippen LogP contribution in [0.25, 0.3) is 0 Å². The number of rotatable bonds is 6. The van der Waals surface area contributed by atoms with Crippen LogP contribution in [0.5, 0.6) is 5.75 Å². The normalized spacial score (nSPS) is 21.6. The van der Waals surface area contributed by atoms with Crippen LogP contribution in [-0.2, 0) is 27.2 Å². The van der Waals surface area contributed by atoms with E-state index in [-0.39, 0.29) is 23.6 Å². The van der Waals surface area contributed by atoms with Crippen LogP contribution in [0.1, 0.15) is 37.8 Å². The van der Waals surface area contributed by atoms with Gasteiger partial charge in [-0.3, -0.25) is 14.4 Å². The Bertz CT molecular complexity index is 1160. The molecule has 0 unspecified atom stereocenters. The Hall–Kier alpha value is -3.14. The van der Waals surface area contributed by atoms with Gasteiger partial charge in [0.25, 0.3) is 0 Å². The fraction of sp³-hybridized carbons (Fsp3) is 0.516. The van der Waals surface area contributed by atoms with Crippen molar-refractivity contribution >= 4 is 29.3 Å². The minimum Gasteiger partial charge on any atom is -0.492 e. The summed E-state index contributed by atoms with van der Waals surface area (Å²) in [6, 6.07) is 13.1. The molecule has 9 nitrogen and oxygen atoms in total. The number of halogens is 1. The second-order valence-electron chi connectivity index (χ2n) is 11.1. The average Bonchev–Trinajstić information content (AvgIpc) is 2.93. The van der Waals surface area contributed by atoms with Crippen LogP contribution >= 0.6 is 11.6 Å². The number of nitrogens with one attached hydrogen (secondary N) is 4. The van der Waals surface area contributed by atoms with E-state index in [9.17, 15) is 14.4 Å². The molecule has 3 atom stereocenters. The first-order valence-electron chi connectivity index (χ1n) is 14.4. The highest BCUT2D eigenvalue weighted by Crippen LogP contribution is 2.19. The first-order valence-corrected chi connectivity index (χ1v) is 14.7. The first kappa shape index (κ1) is 32.4. The van der Waals surface area contributed by atoms with Crippen molar-refractivity contribution in [3.8, 4) is 5.75 Å². The van der Waals surface area contributed by atoms with Gasteiger partial charge >= 0.3 is 0 Å². The Morgan fingerprint density at radius 2 is 1.73 bits per heavy atom. The number of amides is 3. The van der Waals surface area contributed by atoms with E-state index in [1.54, 1.807) is 6.07 Å². The molecule has 224 valence electrons. The minimum absolute atomic E-state index is 0.200. The maximum Gasteiger partial charge on any atom is 0.243 e. The lowest BCUT2D eigenvalue weighted by Gasteiger charge is -2.28. The van der Waals surface area contributed by atoms with Crippen LogP contribution in [0.2, 0.25) is 5.02 Å². The summed E-state index contributed by atoms with van der Waals surface area (Å²) >= 11 is 6.20. The molecule has 0 saturated heterocycles. The molecule has 4 N–H and O–H groups in total. The van der Waals surface area contributed by atoms with Crippen molar-refractivity contribution in [3.63, 3.8) is 0 Å². The molecule has 0 saturated carbocycles. The number of fused-ring (bicyclic) bond motifs is 1. The second-order valence-corrected chi connectivity index (χ2v) is 11.5. The first-order chi connectivity index (χ1) is 19.6. The molecule has 10 heteroatoms. The predicted molar refractivity (Wildman–Crippen MR) is 162 cm³/mol. The zero-order valence-corrected chi connectivity index (χ0v) is 25.3. The van der Waals surface area contributed by atoms with Gasteiger partial charge in [-0.05, 0) is 81.6 Å². The third kappa shape index (κ3) is 10.6. The topological polar surface area (TPSA) is 112 Å². The van der Waals surface area contributed by atoms with Crippen molar-refractivity contribution in [2.45, 2.75) is 57.7 Å². The number of carbonyl (C=O) groups is 3. The molecule has 0 radical (unpaired) electrons. The SMILES string of the molecule is CC(C)[C@H]1NC(=O)[C@@H](Cc2cccc(Cl)c2)NCCOc2ccccc2CCCNC(=O)[C@H](CCN(C)C)NC1=O. The third-order valence-corrected chi connectivity index (χ3v) is 7.27. The lowest BCUT2D eigenvalue weighted by Crippen LogP contribution is -2.58. The van der Waals surface area contributed by atoms with Crippen molar-refractivity contribution in [3.05, 3.63) is 64.7 Å². The van der Waals surface area contributed by atoms with E-state index in [1.165, 1.54) is 0 Å². The second kappa shape index (κ2) is 16.3. The van der Waals surface area contributed by atoms with Crippen LogP contribution < -0.4 is 26.0 Å². The van der Waals surface area contributed by atoms with Crippen LogP contribution in [0.15, 0.2) is 48.5 Å². The largest absolute Gasteiger partial charge is 0.492 e. The Morgan fingerprint density at radius 1 is 0.951 bits per heavy atom. The van der Waals surface area contributed by atoms with Crippen LogP contribution in [0.4, 0.5) is 0 Å². The molecule has 1 heterocycles. The summed E-state index contributed by atoms with van der Waals surface area (Å²) < 4.78 is 6.08. The standard InChI is InChI=1S/C31H44ClN5O4/c1-21(2)28-31(40)35-25(14-17-37(3)4)29(38)34-15-8-11-23-10-5-6-13-27(23)41-18-16-33-26(30(39)36-28)20-22-9-7-12-24(32)19-22/h5-7,9-10,12-13,19,21,25-26,28,33H,8,11,14-18,20H2,1-4H3,(H,34,38)(H,35,40)(H,36,39)/t25-,26+,28+/m0/s1. The fourth-order valence-electron chi connectivity index (χ4n) is 4.72. The maximum atomic E-state index is 13.6. The Morgan fingerprint density at radius 3 is 2.46 bits per heavy atom. The molecule has 0 bridgehead atoms. The van der Waals surface area contributed by atoms with Crippen molar-refractivity contribution in [2.24, 2.45) is 5.92 Å². The van der Waals surface area contributed by atoms with Gasteiger partial charge in [0.05, 0.1) is 6.04 Å². The van der Waals surface area contributed by atoms with Gasteiger partial charge in [0.15, 0.2) is 0 Å². The van der Waals surface area contributed by atoms with Crippen molar-refractivity contribution in [2.75, 3.05) is 40.3 Å². The van der Waals surface area contributed by atoms with Gasteiger partial charge in [-0.1, -0.05) is 55.8 Å². The van der Waals surface area contributed by atoms with Crippen molar-refractivity contribution in [1.29, 1.82) is 0 Å². The van der Waals surface area contributed by atoms with Gasteiger partial charge in [0.1, 0.15) is 24.4 Å². The van der Waals surface area contributed by atoms with E-state index in [2.05, 4.69) is 21.3 Å². The molecule has 1 aliphatic rings. The van der Waals surface area contributed by atoms with E-state index < -0.39 is 18.1 Å². The zero-order valence-electron chi connectivity index (χ0n) is 24.5. The number of para-hydroxylation sites is 1. The molecule has 1 aliphatic heterocycles. The van der Waals surface area contributed by atoms with Gasteiger partial charge in [-0.2, -0.15) is 0 Å². The quantitative estimate of drug-likeness (QED) is 0.415. The van der Waals surface area contributed by atoms with Gasteiger partial charge in [-0.15, -0.1) is 0 Å². The third-order valence-electron chi connectivity index (χ3n) is 7.04. The molecular formula is C31H44ClN5O4. The molecule has 0 aliphatic carbocycles. The molecule has 0 aromatic heterocycles. The van der Waals surface area contributed by atoms with E-state index in [0.29, 0.717) is 44.1 Å². The Kier molecular flexibility index (Phi) is 12.9. The number of ether oxygens (including phenoxy) is 1. The minimum atomic E-state index is -0.817. The molecule has 2 aromatic carbocycles. The molecule has 0 spiro atoms. The monoisotopic (exact) mass is 585 g/mol. The highest BCUT2D eigenvalue weighted by Gasteiger charge is 2.31. The fourth-order valence-corrected chi connectivity index (χ4v) is 4.94. The maximum absolute atomic E-state index is 13.6. The summed E-state index contributed by atoms with van der Waals surface area (Å²) in [5, 5.41) is 12.7. The number of benzene rings is 2. The van der Waals surface area contributed by atoms with E-state index >= 15 is 0 Å². The molecule has 41 heavy (non-hydrogen) atoms. The lowest BCUT2D eigenvalue weighted by atomic mass is 10.00. The molecule has 3 amide bonds. The Labute approximate surface area is 248 Å². The molecular weight excluding hydrogens is 542 g/mol. The number of nitrogens with zero attached hydrogens (tertiary/aromatic N) is 1. The van der Waals surface area contributed by atoms with E-state index in [0.717, 1.165) is 29.7 Å². The highest BCUT2D eigenvalue weighted by atomic mass is 35.5. The highest BCUT2D eigenvalue weighted by molar-refractivity contribution is 6.30. The number of hydrogen-bond acceptors (Lipinski definition) is 6. The van der Waals surface area contributed by atoms with E-state index in [4.69, 9.17) is 16.3 Å². The lowest BCUT2D eigenvalue weighted by molar-refractivity contribution is -0.133. The number of aryl methyl sites for hydroxylation is 1. The van der Waals surface area contributed by atoms with Gasteiger partial charge < -0.3 is 30.9 Å². The van der Waals surface area contributed by atoms with E-state index in [1.807, 2.05) is 75.3 Å². The van der Waals surface area contributed by atoms with Gasteiger partial charge in [0, 0.05) is 18.1 Å². The predicted octanol–water partition coefficient (Wildman–Crippen LogP) is 2.56. The smallest absolute Gasteiger partial charge is 0.243 e. The summed E-state index contributed by atoms with van der Waals surface area (Å²) in [5.41, 5.74) is 1.94. The van der Waals surface area contributed by atoms with Gasteiger partial charge in [-0.25, -0.2) is 0 Å². The summed E-state index contributed by atoms with van der Waals surface area (Å²) in [6.07, 6.45) is 2.28. The van der Waals surface area contributed by atoms with Crippen molar-refractivity contribution < 1.29 is 19.1 Å². The summed E-state index contributed by atoms with van der Waals surface area (Å²) in [6.45, 7) is 5.61. The summed E-state index contributed by atoms with van der Waals surface area (Å²) in [5.74, 6) is -0.343. The summed E-state index contributed by atoms with van der Waals surface area (Å²) in [7, 11) is 3.84. The van der Waals surface area contributed by atoms with Crippen LogP contribution in [0, 0.1) is 5.92 Å².